The number of rotatable bonds is 7. The zero-order valence-corrected chi connectivity index (χ0v) is 16.3. The number of thioether (sulfide) groups is 1. The van der Waals surface area contributed by atoms with Gasteiger partial charge in [0.25, 0.3) is 0 Å². The van der Waals surface area contributed by atoms with Crippen molar-refractivity contribution in [1.29, 1.82) is 0 Å². The summed E-state index contributed by atoms with van der Waals surface area (Å²) in [5.41, 5.74) is 2.84. The van der Waals surface area contributed by atoms with Crippen LogP contribution in [0.4, 0.5) is 5.69 Å². The maximum atomic E-state index is 12.1. The SMILES string of the molecule is COc1ccc(-c2ccc(SCC(=O)Nc3cccc(C(C)=O)c3)nn2)cc1. The number of carbonyl (C=O) groups is 2. The van der Waals surface area contributed by atoms with Crippen molar-refractivity contribution in [3.63, 3.8) is 0 Å². The lowest BCUT2D eigenvalue weighted by molar-refractivity contribution is -0.113. The maximum absolute atomic E-state index is 12.1. The van der Waals surface area contributed by atoms with Gasteiger partial charge in [-0.2, -0.15) is 0 Å². The predicted molar refractivity (Wildman–Crippen MR) is 110 cm³/mol. The van der Waals surface area contributed by atoms with Crippen LogP contribution in [0.2, 0.25) is 0 Å². The fourth-order valence-electron chi connectivity index (χ4n) is 2.47. The number of nitrogens with one attached hydrogen (secondary N) is 1. The number of benzene rings is 2. The van der Waals surface area contributed by atoms with Gasteiger partial charge in [0.2, 0.25) is 5.91 Å². The lowest BCUT2D eigenvalue weighted by Crippen LogP contribution is -2.14. The fourth-order valence-corrected chi connectivity index (χ4v) is 3.08. The standard InChI is InChI=1S/C21H19N3O3S/c1-14(25)16-4-3-5-17(12-16)22-20(26)13-28-21-11-10-19(23-24-21)15-6-8-18(27-2)9-7-15/h3-12H,13H2,1-2H3,(H,22,26). The summed E-state index contributed by atoms with van der Waals surface area (Å²) in [5, 5.41) is 11.8. The van der Waals surface area contributed by atoms with Gasteiger partial charge in [-0.15, -0.1) is 10.2 Å². The normalized spacial score (nSPS) is 10.4. The topological polar surface area (TPSA) is 81.2 Å². The van der Waals surface area contributed by atoms with Crippen LogP contribution in [-0.2, 0) is 4.79 Å². The second-order valence-corrected chi connectivity index (χ2v) is 6.95. The van der Waals surface area contributed by atoms with Crippen LogP contribution in [-0.4, -0.2) is 34.8 Å². The number of methoxy groups -OCH3 is 1. The first-order valence-corrected chi connectivity index (χ1v) is 9.55. The highest BCUT2D eigenvalue weighted by molar-refractivity contribution is 7.99. The predicted octanol–water partition coefficient (Wildman–Crippen LogP) is 4.09. The van der Waals surface area contributed by atoms with E-state index in [4.69, 9.17) is 4.74 Å². The molecule has 1 heterocycles. The molecule has 0 bridgehead atoms. The van der Waals surface area contributed by atoms with E-state index in [1.165, 1.54) is 18.7 Å². The molecular formula is C21H19N3O3S. The number of ether oxygens (including phenoxy) is 1. The number of anilines is 1. The molecule has 0 saturated carbocycles. The highest BCUT2D eigenvalue weighted by Gasteiger charge is 2.08. The maximum Gasteiger partial charge on any atom is 0.234 e. The van der Waals surface area contributed by atoms with Crippen molar-refractivity contribution in [2.24, 2.45) is 0 Å². The minimum absolute atomic E-state index is 0.0438. The third-order valence-corrected chi connectivity index (χ3v) is 4.85. The van der Waals surface area contributed by atoms with E-state index in [1.807, 2.05) is 36.4 Å². The number of nitrogens with zero attached hydrogens (tertiary/aromatic N) is 2. The lowest BCUT2D eigenvalue weighted by Gasteiger charge is -2.06. The zero-order valence-electron chi connectivity index (χ0n) is 15.5. The van der Waals surface area contributed by atoms with Crippen LogP contribution in [0.1, 0.15) is 17.3 Å². The Labute approximate surface area is 167 Å². The Balaban J connectivity index is 1.56. The third-order valence-electron chi connectivity index (χ3n) is 3.93. The first-order valence-electron chi connectivity index (χ1n) is 8.57. The summed E-state index contributed by atoms with van der Waals surface area (Å²) in [7, 11) is 1.62. The molecule has 3 rings (SSSR count). The van der Waals surface area contributed by atoms with Crippen molar-refractivity contribution in [2.75, 3.05) is 18.2 Å². The Kier molecular flexibility index (Phi) is 6.39. The van der Waals surface area contributed by atoms with Crippen LogP contribution >= 0.6 is 11.8 Å². The van der Waals surface area contributed by atoms with Crippen molar-refractivity contribution in [2.45, 2.75) is 11.9 Å². The summed E-state index contributed by atoms with van der Waals surface area (Å²) in [6.45, 7) is 1.49. The minimum Gasteiger partial charge on any atom is -0.497 e. The first-order chi connectivity index (χ1) is 13.5. The van der Waals surface area contributed by atoms with Gasteiger partial charge in [-0.3, -0.25) is 9.59 Å². The number of carbonyl (C=O) groups excluding carboxylic acids is 2. The average molecular weight is 393 g/mol. The van der Waals surface area contributed by atoms with Crippen LogP contribution in [0.25, 0.3) is 11.3 Å². The molecule has 142 valence electrons. The van der Waals surface area contributed by atoms with Gasteiger partial charge in [0.15, 0.2) is 5.78 Å². The molecule has 0 spiro atoms. The Morgan fingerprint density at radius 1 is 1.04 bits per heavy atom. The Bertz CT molecular complexity index is 973. The van der Waals surface area contributed by atoms with Crippen LogP contribution in [0.15, 0.2) is 65.7 Å². The zero-order chi connectivity index (χ0) is 19.9. The van der Waals surface area contributed by atoms with E-state index in [0.29, 0.717) is 16.3 Å². The molecule has 0 aliphatic rings. The van der Waals surface area contributed by atoms with Gasteiger partial charge in [0.05, 0.1) is 18.6 Å². The average Bonchev–Trinajstić information content (AvgIpc) is 2.73. The van der Waals surface area contributed by atoms with Gasteiger partial charge >= 0.3 is 0 Å². The number of Topliss-reactive ketones (excluding diaryl/α,β-unsaturated/α-hetero) is 1. The van der Waals surface area contributed by atoms with E-state index in [0.717, 1.165) is 17.0 Å². The number of hydrogen-bond donors (Lipinski definition) is 1. The van der Waals surface area contributed by atoms with E-state index < -0.39 is 0 Å². The van der Waals surface area contributed by atoms with Gasteiger partial charge in [-0.05, 0) is 55.5 Å². The van der Waals surface area contributed by atoms with E-state index in [-0.39, 0.29) is 17.4 Å². The Morgan fingerprint density at radius 3 is 2.46 bits per heavy atom. The molecule has 0 atom stereocenters. The van der Waals surface area contributed by atoms with Gasteiger partial charge in [0, 0.05) is 16.8 Å². The summed E-state index contributed by atoms with van der Waals surface area (Å²) < 4.78 is 5.15. The molecule has 0 radical (unpaired) electrons. The van der Waals surface area contributed by atoms with Gasteiger partial charge < -0.3 is 10.1 Å². The Morgan fingerprint density at radius 2 is 1.82 bits per heavy atom. The summed E-state index contributed by atoms with van der Waals surface area (Å²) >= 11 is 1.30. The smallest absolute Gasteiger partial charge is 0.234 e. The summed E-state index contributed by atoms with van der Waals surface area (Å²) in [6.07, 6.45) is 0. The van der Waals surface area contributed by atoms with Gasteiger partial charge in [-0.1, -0.05) is 23.9 Å². The number of ketones is 1. The molecule has 0 fully saturated rings. The van der Waals surface area contributed by atoms with E-state index >= 15 is 0 Å². The molecule has 7 heteroatoms. The Hall–Kier alpha value is -3.19. The molecule has 2 aromatic carbocycles. The molecule has 0 aliphatic carbocycles. The molecule has 1 aromatic heterocycles. The molecule has 1 amide bonds. The summed E-state index contributed by atoms with van der Waals surface area (Å²) in [5.74, 6) is 0.758. The van der Waals surface area contributed by atoms with Crippen molar-refractivity contribution in [3.8, 4) is 17.0 Å². The molecular weight excluding hydrogens is 374 g/mol. The highest BCUT2D eigenvalue weighted by atomic mass is 32.2. The van der Waals surface area contributed by atoms with Crippen molar-refractivity contribution in [3.05, 3.63) is 66.2 Å². The van der Waals surface area contributed by atoms with E-state index in [1.54, 1.807) is 31.4 Å². The van der Waals surface area contributed by atoms with Crippen LogP contribution < -0.4 is 10.1 Å². The molecule has 6 nitrogen and oxygen atoms in total. The van der Waals surface area contributed by atoms with Crippen molar-refractivity contribution in [1.82, 2.24) is 10.2 Å². The molecule has 0 aliphatic heterocycles. The van der Waals surface area contributed by atoms with Crippen molar-refractivity contribution >= 4 is 29.1 Å². The minimum atomic E-state index is -0.174. The molecule has 3 aromatic rings. The van der Waals surface area contributed by atoms with Crippen LogP contribution in [0.5, 0.6) is 5.75 Å². The first kappa shape index (κ1) is 19.6. The summed E-state index contributed by atoms with van der Waals surface area (Å²) in [4.78, 5) is 23.6. The van der Waals surface area contributed by atoms with Crippen LogP contribution in [0.3, 0.4) is 0 Å². The van der Waals surface area contributed by atoms with Crippen molar-refractivity contribution < 1.29 is 14.3 Å². The monoisotopic (exact) mass is 393 g/mol. The lowest BCUT2D eigenvalue weighted by atomic mass is 10.1. The molecule has 0 saturated heterocycles. The van der Waals surface area contributed by atoms with Gasteiger partial charge in [0.1, 0.15) is 10.8 Å². The largest absolute Gasteiger partial charge is 0.497 e. The fraction of sp³-hybridized carbons (Fsp3) is 0.143. The third kappa shape index (κ3) is 5.17. The number of aromatic nitrogens is 2. The highest BCUT2D eigenvalue weighted by Crippen LogP contribution is 2.22. The second kappa shape index (κ2) is 9.14. The number of hydrogen-bond acceptors (Lipinski definition) is 6. The van der Waals surface area contributed by atoms with E-state index in [2.05, 4.69) is 15.5 Å². The van der Waals surface area contributed by atoms with Gasteiger partial charge in [-0.25, -0.2) is 0 Å². The molecule has 28 heavy (non-hydrogen) atoms. The summed E-state index contributed by atoms with van der Waals surface area (Å²) in [6, 6.07) is 18.1. The quantitative estimate of drug-likeness (QED) is 0.481. The number of amides is 1. The van der Waals surface area contributed by atoms with E-state index in [9.17, 15) is 9.59 Å². The molecule has 0 unspecified atom stereocenters. The second-order valence-electron chi connectivity index (χ2n) is 5.96. The van der Waals surface area contributed by atoms with Crippen LogP contribution in [0, 0.1) is 0 Å². The molecule has 1 N–H and O–H groups in total.